The summed E-state index contributed by atoms with van der Waals surface area (Å²) in [5.41, 5.74) is 1.51. The Morgan fingerprint density at radius 1 is 1.20 bits per heavy atom. The summed E-state index contributed by atoms with van der Waals surface area (Å²) in [6.07, 6.45) is 2.52. The highest BCUT2D eigenvalue weighted by Gasteiger charge is 2.42. The Labute approximate surface area is 118 Å². The monoisotopic (exact) mass is 284 g/mol. The van der Waals surface area contributed by atoms with E-state index in [0.29, 0.717) is 44.5 Å². The fraction of sp³-hybridized carbons (Fsp3) is 0.714. The molecule has 0 atom stereocenters. The van der Waals surface area contributed by atoms with E-state index in [9.17, 15) is 9.59 Å². The van der Waals surface area contributed by atoms with Crippen molar-refractivity contribution in [2.45, 2.75) is 37.9 Å². The van der Waals surface area contributed by atoms with Gasteiger partial charge in [-0.3, -0.25) is 4.79 Å². The van der Waals surface area contributed by atoms with E-state index < -0.39 is 5.79 Å². The average molecular weight is 284 g/mol. The minimum Gasteiger partial charge on any atom is -0.469 e. The number of hydrogen-bond acceptors (Lipinski definition) is 6. The molecule has 0 aromatic carbocycles. The molecule has 0 saturated carbocycles. The number of methoxy groups -OCH3 is 2. The molecular formula is C14H20O6. The molecule has 2 aliphatic rings. The summed E-state index contributed by atoms with van der Waals surface area (Å²) in [6.45, 7) is 1.10. The zero-order chi connectivity index (χ0) is 14.6. The second kappa shape index (κ2) is 6.37. The van der Waals surface area contributed by atoms with Crippen LogP contribution in [0.2, 0.25) is 0 Å². The second-order valence-corrected chi connectivity index (χ2v) is 4.93. The van der Waals surface area contributed by atoms with E-state index in [2.05, 4.69) is 4.74 Å². The highest BCUT2D eigenvalue weighted by atomic mass is 16.7. The first kappa shape index (κ1) is 15.0. The summed E-state index contributed by atoms with van der Waals surface area (Å²) in [4.78, 5) is 23.2. The van der Waals surface area contributed by atoms with E-state index >= 15 is 0 Å². The fourth-order valence-electron chi connectivity index (χ4n) is 2.69. The molecule has 0 amide bonds. The number of ether oxygens (including phenoxy) is 4. The minimum absolute atomic E-state index is 0.265. The lowest BCUT2D eigenvalue weighted by Crippen LogP contribution is -2.35. The van der Waals surface area contributed by atoms with Gasteiger partial charge in [0, 0.05) is 24.8 Å². The molecule has 6 heteroatoms. The Morgan fingerprint density at radius 2 is 1.90 bits per heavy atom. The molecule has 0 N–H and O–H groups in total. The molecule has 0 bridgehead atoms. The van der Waals surface area contributed by atoms with Gasteiger partial charge in [-0.2, -0.15) is 0 Å². The lowest BCUT2D eigenvalue weighted by atomic mass is 9.85. The van der Waals surface area contributed by atoms with Crippen LogP contribution in [0.3, 0.4) is 0 Å². The van der Waals surface area contributed by atoms with Crippen LogP contribution in [0.4, 0.5) is 0 Å². The zero-order valence-electron chi connectivity index (χ0n) is 11.9. The van der Waals surface area contributed by atoms with Crippen molar-refractivity contribution in [3.63, 3.8) is 0 Å². The maximum Gasteiger partial charge on any atom is 0.333 e. The molecule has 2 rings (SSSR count). The number of esters is 2. The molecule has 112 valence electrons. The summed E-state index contributed by atoms with van der Waals surface area (Å²) in [5, 5.41) is 0. The molecule has 1 spiro atoms. The van der Waals surface area contributed by atoms with Gasteiger partial charge in [-0.1, -0.05) is 5.57 Å². The van der Waals surface area contributed by atoms with Gasteiger partial charge in [0.15, 0.2) is 5.79 Å². The predicted octanol–water partition coefficient (Wildman–Crippen LogP) is 1.34. The maximum absolute atomic E-state index is 11.9. The summed E-state index contributed by atoms with van der Waals surface area (Å²) >= 11 is 0. The fourth-order valence-corrected chi connectivity index (χ4v) is 2.69. The van der Waals surface area contributed by atoms with Crippen LogP contribution in [0.1, 0.15) is 32.1 Å². The smallest absolute Gasteiger partial charge is 0.333 e. The third-order valence-corrected chi connectivity index (χ3v) is 3.78. The molecule has 1 fully saturated rings. The first-order valence-electron chi connectivity index (χ1n) is 6.74. The van der Waals surface area contributed by atoms with Gasteiger partial charge >= 0.3 is 11.9 Å². The summed E-state index contributed by atoms with van der Waals surface area (Å²) < 4.78 is 20.8. The lowest BCUT2D eigenvalue weighted by molar-refractivity contribution is -0.168. The molecule has 1 aliphatic carbocycles. The second-order valence-electron chi connectivity index (χ2n) is 4.93. The van der Waals surface area contributed by atoms with Gasteiger partial charge in [0.25, 0.3) is 0 Å². The highest BCUT2D eigenvalue weighted by Crippen LogP contribution is 2.40. The van der Waals surface area contributed by atoms with Crippen LogP contribution in [-0.2, 0) is 28.5 Å². The molecule has 1 heterocycles. The topological polar surface area (TPSA) is 71.1 Å². The highest BCUT2D eigenvalue weighted by molar-refractivity contribution is 5.89. The van der Waals surface area contributed by atoms with E-state index in [4.69, 9.17) is 14.2 Å². The van der Waals surface area contributed by atoms with Crippen molar-refractivity contribution in [1.29, 1.82) is 0 Å². The number of rotatable bonds is 4. The van der Waals surface area contributed by atoms with Crippen molar-refractivity contribution in [3.05, 3.63) is 11.1 Å². The quantitative estimate of drug-likeness (QED) is 0.725. The van der Waals surface area contributed by atoms with Crippen molar-refractivity contribution in [1.82, 2.24) is 0 Å². The van der Waals surface area contributed by atoms with Crippen molar-refractivity contribution >= 4 is 11.9 Å². The van der Waals surface area contributed by atoms with Gasteiger partial charge in [-0.05, 0) is 12.8 Å². The van der Waals surface area contributed by atoms with Gasteiger partial charge in [0.1, 0.15) is 0 Å². The molecule has 0 unspecified atom stereocenters. The molecule has 0 aromatic heterocycles. The predicted molar refractivity (Wildman–Crippen MR) is 68.8 cm³/mol. The van der Waals surface area contributed by atoms with Crippen LogP contribution in [-0.4, -0.2) is 45.2 Å². The molecule has 0 aromatic rings. The summed E-state index contributed by atoms with van der Waals surface area (Å²) in [5.74, 6) is -1.34. The van der Waals surface area contributed by atoms with Crippen LogP contribution >= 0.6 is 0 Å². The number of carbonyl (C=O) groups is 2. The van der Waals surface area contributed by atoms with Gasteiger partial charge in [-0.15, -0.1) is 0 Å². The number of carbonyl (C=O) groups excluding carboxylic acids is 2. The first-order chi connectivity index (χ1) is 9.60. The number of hydrogen-bond donors (Lipinski definition) is 0. The average Bonchev–Trinajstić information content (AvgIpc) is 2.92. The Hall–Kier alpha value is -1.40. The largest absolute Gasteiger partial charge is 0.469 e. The van der Waals surface area contributed by atoms with Crippen molar-refractivity contribution < 1.29 is 28.5 Å². The molecule has 1 aliphatic heterocycles. The third kappa shape index (κ3) is 3.19. The molecule has 6 nitrogen and oxygen atoms in total. The van der Waals surface area contributed by atoms with Gasteiger partial charge in [-0.25, -0.2) is 4.79 Å². The standard InChI is InChI=1S/C14H20O6/c1-17-12(15)4-3-10-5-6-14(19-7-8-20-14)9-11(10)13(16)18-2/h3-9H2,1-2H3. The van der Waals surface area contributed by atoms with E-state index in [1.54, 1.807) is 0 Å². The van der Waals surface area contributed by atoms with Gasteiger partial charge in [0.05, 0.1) is 27.4 Å². The molecule has 0 radical (unpaired) electrons. The van der Waals surface area contributed by atoms with Crippen LogP contribution < -0.4 is 0 Å². The Morgan fingerprint density at radius 3 is 2.50 bits per heavy atom. The van der Waals surface area contributed by atoms with Crippen molar-refractivity contribution in [3.8, 4) is 0 Å². The molecule has 20 heavy (non-hydrogen) atoms. The van der Waals surface area contributed by atoms with E-state index in [1.165, 1.54) is 14.2 Å². The zero-order valence-corrected chi connectivity index (χ0v) is 11.9. The summed E-state index contributed by atoms with van der Waals surface area (Å²) in [7, 11) is 2.71. The van der Waals surface area contributed by atoms with Crippen molar-refractivity contribution in [2.75, 3.05) is 27.4 Å². The Bertz CT molecular complexity index is 419. The maximum atomic E-state index is 11.9. The molecular weight excluding hydrogens is 264 g/mol. The van der Waals surface area contributed by atoms with Crippen LogP contribution in [0.25, 0.3) is 0 Å². The lowest BCUT2D eigenvalue weighted by Gasteiger charge is -2.33. The number of allylic oxidation sites excluding steroid dienone is 1. The minimum atomic E-state index is -0.682. The van der Waals surface area contributed by atoms with Gasteiger partial charge in [0.2, 0.25) is 0 Å². The summed E-state index contributed by atoms with van der Waals surface area (Å²) in [6, 6.07) is 0. The Kier molecular flexibility index (Phi) is 4.77. The first-order valence-corrected chi connectivity index (χ1v) is 6.74. The van der Waals surface area contributed by atoms with Crippen LogP contribution in [0.15, 0.2) is 11.1 Å². The van der Waals surface area contributed by atoms with Gasteiger partial charge < -0.3 is 18.9 Å². The van der Waals surface area contributed by atoms with E-state index in [1.807, 2.05) is 0 Å². The van der Waals surface area contributed by atoms with E-state index in [-0.39, 0.29) is 18.4 Å². The third-order valence-electron chi connectivity index (χ3n) is 3.78. The van der Waals surface area contributed by atoms with Crippen LogP contribution in [0, 0.1) is 0 Å². The van der Waals surface area contributed by atoms with E-state index in [0.717, 1.165) is 5.57 Å². The SMILES string of the molecule is COC(=O)CCC1=C(C(=O)OC)CC2(CC1)OCCO2. The Balaban J connectivity index is 2.13. The normalized spacial score (nSPS) is 21.1. The van der Waals surface area contributed by atoms with Crippen molar-refractivity contribution in [2.24, 2.45) is 0 Å². The molecule has 1 saturated heterocycles. The van der Waals surface area contributed by atoms with Crippen LogP contribution in [0.5, 0.6) is 0 Å².